The number of anilines is 2. The third-order valence-electron chi connectivity index (χ3n) is 6.25. The van der Waals surface area contributed by atoms with E-state index in [0.717, 1.165) is 16.9 Å². The molecule has 5 rings (SSSR count). The van der Waals surface area contributed by atoms with E-state index in [9.17, 15) is 9.18 Å². The highest BCUT2D eigenvalue weighted by Crippen LogP contribution is 2.43. The van der Waals surface area contributed by atoms with E-state index in [1.54, 1.807) is 24.4 Å². The summed E-state index contributed by atoms with van der Waals surface area (Å²) in [5.41, 5.74) is 3.49. The molecule has 2 atom stereocenters. The predicted octanol–water partition coefficient (Wildman–Crippen LogP) is 6.31. The van der Waals surface area contributed by atoms with Crippen LogP contribution in [0, 0.1) is 12.7 Å². The lowest BCUT2D eigenvalue weighted by Gasteiger charge is -2.27. The molecule has 3 heterocycles. The van der Waals surface area contributed by atoms with Gasteiger partial charge in [0, 0.05) is 29.2 Å². The first-order valence-corrected chi connectivity index (χ1v) is 13.0. The first-order valence-electron chi connectivity index (χ1n) is 11.8. The van der Waals surface area contributed by atoms with Crippen molar-refractivity contribution >= 4 is 50.5 Å². The van der Waals surface area contributed by atoms with Crippen molar-refractivity contribution in [2.75, 3.05) is 23.9 Å². The molecular formula is C28H24BrFN4O3S. The van der Waals surface area contributed by atoms with Crippen LogP contribution in [-0.2, 0) is 9.53 Å². The molecule has 1 amide bonds. The highest BCUT2D eigenvalue weighted by Gasteiger charge is 2.42. The molecule has 38 heavy (non-hydrogen) atoms. The monoisotopic (exact) mass is 594 g/mol. The molecule has 0 spiro atoms. The number of hydrogen-bond acceptors (Lipinski definition) is 5. The summed E-state index contributed by atoms with van der Waals surface area (Å²) in [6.07, 6.45) is 1.73. The summed E-state index contributed by atoms with van der Waals surface area (Å²) in [5, 5.41) is 6.73. The van der Waals surface area contributed by atoms with Crippen LogP contribution in [0.5, 0.6) is 0 Å². The number of thiocarbonyl (C=S) groups is 1. The van der Waals surface area contributed by atoms with Gasteiger partial charge >= 0.3 is 0 Å². The number of carbonyl (C=O) groups excluding carboxylic acids is 1. The average molecular weight is 595 g/mol. The number of aryl methyl sites for hydroxylation is 1. The number of ether oxygens (including phenoxy) is 1. The number of nitrogens with one attached hydrogen (secondary N) is 2. The zero-order chi connectivity index (χ0) is 26.8. The maximum absolute atomic E-state index is 14.7. The zero-order valence-electron chi connectivity index (χ0n) is 20.6. The number of amides is 1. The van der Waals surface area contributed by atoms with Crippen molar-refractivity contribution in [1.82, 2.24) is 10.3 Å². The Labute approximate surface area is 233 Å². The van der Waals surface area contributed by atoms with Gasteiger partial charge in [0.1, 0.15) is 30.0 Å². The molecule has 2 N–H and O–H groups in total. The Morgan fingerprint density at radius 3 is 2.76 bits per heavy atom. The van der Waals surface area contributed by atoms with E-state index >= 15 is 0 Å². The minimum Gasteiger partial charge on any atom is -0.459 e. The standard InChI is InChI=1S/C28H24BrFN4O3S/c1-16-13-18(7-9-21(16)32-25(35)15-36-2)34-27(26(33-28(34)38)22-5-3-4-12-31-22)24-11-10-23(37-24)19-8-6-17(29)14-20(19)30/h3-14,26-27H,15H2,1-2H3,(H,32,35)(H,33,38)/t26-,27+/m0/s1. The number of aromatic nitrogens is 1. The summed E-state index contributed by atoms with van der Waals surface area (Å²) >= 11 is 9.08. The van der Waals surface area contributed by atoms with Crippen molar-refractivity contribution < 1.29 is 18.3 Å². The second-order valence-electron chi connectivity index (χ2n) is 8.80. The quantitative estimate of drug-likeness (QED) is 0.243. The third kappa shape index (κ3) is 5.20. The molecule has 10 heteroatoms. The van der Waals surface area contributed by atoms with Gasteiger partial charge in [-0.3, -0.25) is 9.78 Å². The number of nitrogens with zero attached hydrogens (tertiary/aromatic N) is 2. The largest absolute Gasteiger partial charge is 0.459 e. The van der Waals surface area contributed by atoms with Gasteiger partial charge in [-0.15, -0.1) is 0 Å². The second-order valence-corrected chi connectivity index (χ2v) is 10.1. The van der Waals surface area contributed by atoms with Crippen LogP contribution in [0.25, 0.3) is 11.3 Å². The first kappa shape index (κ1) is 26.0. The van der Waals surface area contributed by atoms with Crippen molar-refractivity contribution in [2.24, 2.45) is 0 Å². The number of halogens is 2. The summed E-state index contributed by atoms with van der Waals surface area (Å²) in [6, 6.07) is 19.1. The molecular weight excluding hydrogens is 571 g/mol. The molecule has 0 bridgehead atoms. The number of pyridine rings is 1. The van der Waals surface area contributed by atoms with Gasteiger partial charge in [0.15, 0.2) is 5.11 Å². The molecule has 1 saturated heterocycles. The van der Waals surface area contributed by atoms with Crippen LogP contribution in [0.15, 0.2) is 81.8 Å². The molecule has 194 valence electrons. The number of benzene rings is 2. The van der Waals surface area contributed by atoms with Gasteiger partial charge in [0.25, 0.3) is 0 Å². The summed E-state index contributed by atoms with van der Waals surface area (Å²) in [6.45, 7) is 1.87. The summed E-state index contributed by atoms with van der Waals surface area (Å²) in [4.78, 5) is 18.5. The lowest BCUT2D eigenvalue weighted by Crippen LogP contribution is -2.29. The summed E-state index contributed by atoms with van der Waals surface area (Å²) in [5.74, 6) is 0.383. The van der Waals surface area contributed by atoms with Gasteiger partial charge in [-0.25, -0.2) is 4.39 Å². The summed E-state index contributed by atoms with van der Waals surface area (Å²) < 4.78 is 26.5. The Bertz CT molecular complexity index is 1500. The molecule has 4 aromatic rings. The molecule has 0 aliphatic carbocycles. The topological polar surface area (TPSA) is 79.6 Å². The normalized spacial score (nSPS) is 16.9. The molecule has 1 aliphatic heterocycles. The lowest BCUT2D eigenvalue weighted by atomic mass is 10.0. The minimum atomic E-state index is -0.405. The predicted molar refractivity (Wildman–Crippen MR) is 151 cm³/mol. The molecule has 2 aromatic heterocycles. The van der Waals surface area contributed by atoms with Crippen LogP contribution in [0.4, 0.5) is 15.8 Å². The molecule has 1 fully saturated rings. The second kappa shape index (κ2) is 11.0. The molecule has 7 nitrogen and oxygen atoms in total. The van der Waals surface area contributed by atoms with Crippen LogP contribution in [0.2, 0.25) is 0 Å². The fourth-order valence-electron chi connectivity index (χ4n) is 4.52. The van der Waals surface area contributed by atoms with Crippen molar-refractivity contribution in [2.45, 2.75) is 19.0 Å². The molecule has 0 radical (unpaired) electrons. The van der Waals surface area contributed by atoms with Crippen LogP contribution < -0.4 is 15.5 Å². The van der Waals surface area contributed by atoms with E-state index in [1.165, 1.54) is 13.2 Å². The smallest absolute Gasteiger partial charge is 0.250 e. The van der Waals surface area contributed by atoms with Gasteiger partial charge in [0.2, 0.25) is 5.91 Å². The van der Waals surface area contributed by atoms with E-state index in [-0.39, 0.29) is 24.4 Å². The van der Waals surface area contributed by atoms with Crippen LogP contribution in [0.3, 0.4) is 0 Å². The van der Waals surface area contributed by atoms with Crippen molar-refractivity contribution in [3.8, 4) is 11.3 Å². The number of furan rings is 1. The van der Waals surface area contributed by atoms with Gasteiger partial charge in [0.05, 0.1) is 17.3 Å². The third-order valence-corrected chi connectivity index (χ3v) is 7.06. The lowest BCUT2D eigenvalue weighted by molar-refractivity contribution is -0.119. The Morgan fingerprint density at radius 1 is 1.21 bits per heavy atom. The molecule has 0 unspecified atom stereocenters. The van der Waals surface area contributed by atoms with E-state index in [2.05, 4.69) is 31.5 Å². The highest BCUT2D eigenvalue weighted by atomic mass is 79.9. The Balaban J connectivity index is 1.55. The van der Waals surface area contributed by atoms with E-state index in [0.29, 0.717) is 32.4 Å². The maximum Gasteiger partial charge on any atom is 0.250 e. The fourth-order valence-corrected chi connectivity index (χ4v) is 5.20. The molecule has 0 saturated carbocycles. The SMILES string of the molecule is COCC(=O)Nc1ccc(N2C(=S)N[C@@H](c3ccccn3)[C@H]2c2ccc(-c3ccc(Br)cc3F)o2)cc1C. The van der Waals surface area contributed by atoms with Crippen molar-refractivity contribution in [3.05, 3.63) is 100 Å². The highest BCUT2D eigenvalue weighted by molar-refractivity contribution is 9.10. The Morgan fingerprint density at radius 2 is 2.05 bits per heavy atom. The maximum atomic E-state index is 14.7. The van der Waals surface area contributed by atoms with Gasteiger partial charge in [-0.1, -0.05) is 22.0 Å². The van der Waals surface area contributed by atoms with E-state index in [4.69, 9.17) is 21.4 Å². The number of carbonyl (C=O) groups is 1. The van der Waals surface area contributed by atoms with Crippen LogP contribution in [0.1, 0.15) is 29.1 Å². The van der Waals surface area contributed by atoms with E-state index < -0.39 is 6.04 Å². The Hall–Kier alpha value is -3.60. The Kier molecular flexibility index (Phi) is 7.55. The fraction of sp³-hybridized carbons (Fsp3) is 0.179. The van der Waals surface area contributed by atoms with Crippen LogP contribution >= 0.6 is 28.1 Å². The van der Waals surface area contributed by atoms with Crippen molar-refractivity contribution in [1.29, 1.82) is 0 Å². The zero-order valence-corrected chi connectivity index (χ0v) is 23.0. The molecule has 2 aromatic carbocycles. The minimum absolute atomic E-state index is 0.0328. The van der Waals surface area contributed by atoms with Crippen LogP contribution in [-0.4, -0.2) is 29.7 Å². The van der Waals surface area contributed by atoms with Gasteiger partial charge in [-0.2, -0.15) is 0 Å². The number of methoxy groups -OCH3 is 1. The number of rotatable bonds is 7. The summed E-state index contributed by atoms with van der Waals surface area (Å²) in [7, 11) is 1.47. The average Bonchev–Trinajstić information content (AvgIpc) is 3.50. The van der Waals surface area contributed by atoms with Crippen molar-refractivity contribution in [3.63, 3.8) is 0 Å². The first-order chi connectivity index (χ1) is 18.4. The van der Waals surface area contributed by atoms with E-state index in [1.807, 2.05) is 54.3 Å². The number of hydrogen-bond donors (Lipinski definition) is 2. The van der Waals surface area contributed by atoms with Gasteiger partial charge in [-0.05, 0) is 85.4 Å². The van der Waals surface area contributed by atoms with Gasteiger partial charge < -0.3 is 24.7 Å². The molecule has 1 aliphatic rings.